The minimum absolute atomic E-state index is 0.270. The third kappa shape index (κ3) is 4.36. The van der Waals surface area contributed by atoms with Crippen LogP contribution in [0.25, 0.3) is 0 Å². The van der Waals surface area contributed by atoms with E-state index in [0.29, 0.717) is 12.4 Å². The van der Waals surface area contributed by atoms with E-state index < -0.39 is 0 Å². The van der Waals surface area contributed by atoms with E-state index in [4.69, 9.17) is 9.47 Å². The number of rotatable bonds is 7. The van der Waals surface area contributed by atoms with E-state index >= 15 is 0 Å². The van der Waals surface area contributed by atoms with Gasteiger partial charge in [0, 0.05) is 18.7 Å². The number of ether oxygens (including phenoxy) is 2. The largest absolute Gasteiger partial charge is 0.497 e. The SMILES string of the molecule is COc1ccc(OC)c(C(c2nnnn2Cc2ccc(F)cc2)N2CCc3ccccc3C2)c1. The van der Waals surface area contributed by atoms with Gasteiger partial charge in [-0.25, -0.2) is 9.07 Å². The smallest absolute Gasteiger partial charge is 0.173 e. The second kappa shape index (κ2) is 9.61. The van der Waals surface area contributed by atoms with Crippen LogP contribution in [0.1, 0.15) is 34.1 Å². The molecule has 0 bridgehead atoms. The second-order valence-electron chi connectivity index (χ2n) is 8.32. The van der Waals surface area contributed by atoms with Crippen molar-refractivity contribution in [3.63, 3.8) is 0 Å². The van der Waals surface area contributed by atoms with Crippen molar-refractivity contribution in [2.75, 3.05) is 20.8 Å². The van der Waals surface area contributed by atoms with Gasteiger partial charge < -0.3 is 9.47 Å². The van der Waals surface area contributed by atoms with Crippen molar-refractivity contribution in [2.45, 2.75) is 25.6 Å². The molecule has 7 nitrogen and oxygen atoms in total. The Hall–Kier alpha value is -3.78. The van der Waals surface area contributed by atoms with Crippen LogP contribution in [-0.4, -0.2) is 45.9 Å². The summed E-state index contributed by atoms with van der Waals surface area (Å²) < 4.78 is 26.5. The van der Waals surface area contributed by atoms with Crippen LogP contribution in [0, 0.1) is 5.82 Å². The number of halogens is 1. The van der Waals surface area contributed by atoms with Gasteiger partial charge in [-0.15, -0.1) is 5.10 Å². The summed E-state index contributed by atoms with van der Waals surface area (Å²) in [6.45, 7) is 2.02. The maximum atomic E-state index is 13.4. The molecule has 1 aromatic heterocycles. The molecule has 0 amide bonds. The zero-order valence-electron chi connectivity index (χ0n) is 19.2. The van der Waals surface area contributed by atoms with Gasteiger partial charge in [0.25, 0.3) is 0 Å². The number of hydrogen-bond acceptors (Lipinski definition) is 6. The van der Waals surface area contributed by atoms with E-state index in [1.807, 2.05) is 18.2 Å². The molecule has 1 unspecified atom stereocenters. The molecule has 1 atom stereocenters. The van der Waals surface area contributed by atoms with Gasteiger partial charge in [0.05, 0.1) is 20.8 Å². The van der Waals surface area contributed by atoms with Crippen LogP contribution in [0.3, 0.4) is 0 Å². The van der Waals surface area contributed by atoms with Crippen LogP contribution in [0.5, 0.6) is 11.5 Å². The molecule has 174 valence electrons. The van der Waals surface area contributed by atoms with Crippen LogP contribution in [0.2, 0.25) is 0 Å². The highest BCUT2D eigenvalue weighted by Crippen LogP contribution is 2.38. The molecule has 4 aromatic rings. The van der Waals surface area contributed by atoms with Crippen molar-refractivity contribution < 1.29 is 13.9 Å². The fourth-order valence-corrected chi connectivity index (χ4v) is 4.57. The van der Waals surface area contributed by atoms with Crippen molar-refractivity contribution in [3.05, 3.63) is 101 Å². The normalized spacial score (nSPS) is 14.4. The molecule has 2 heterocycles. The molecule has 3 aromatic carbocycles. The van der Waals surface area contributed by atoms with Gasteiger partial charge in [-0.3, -0.25) is 4.90 Å². The van der Waals surface area contributed by atoms with Gasteiger partial charge >= 0.3 is 0 Å². The van der Waals surface area contributed by atoms with Gasteiger partial charge in [-0.05, 0) is 63.9 Å². The van der Waals surface area contributed by atoms with Crippen molar-refractivity contribution in [2.24, 2.45) is 0 Å². The fraction of sp³-hybridized carbons (Fsp3) is 0.269. The number of benzene rings is 3. The van der Waals surface area contributed by atoms with E-state index in [-0.39, 0.29) is 11.9 Å². The van der Waals surface area contributed by atoms with E-state index in [9.17, 15) is 4.39 Å². The van der Waals surface area contributed by atoms with Gasteiger partial charge in [-0.1, -0.05) is 36.4 Å². The first-order chi connectivity index (χ1) is 16.7. The van der Waals surface area contributed by atoms with Crippen LogP contribution >= 0.6 is 0 Å². The Morgan fingerprint density at radius 1 is 0.971 bits per heavy atom. The van der Waals surface area contributed by atoms with Gasteiger partial charge in [0.1, 0.15) is 23.4 Å². The molecule has 0 aliphatic carbocycles. The minimum atomic E-state index is -0.272. The molecule has 0 saturated heterocycles. The third-order valence-corrected chi connectivity index (χ3v) is 6.31. The number of methoxy groups -OCH3 is 2. The molecular formula is C26H26FN5O2. The molecule has 0 fully saturated rings. The lowest BCUT2D eigenvalue weighted by molar-refractivity contribution is 0.191. The van der Waals surface area contributed by atoms with E-state index in [2.05, 4.69) is 44.7 Å². The lowest BCUT2D eigenvalue weighted by atomic mass is 9.95. The average molecular weight is 460 g/mol. The Morgan fingerprint density at radius 3 is 2.53 bits per heavy atom. The number of nitrogens with zero attached hydrogens (tertiary/aromatic N) is 5. The Bertz CT molecular complexity index is 1270. The summed E-state index contributed by atoms with van der Waals surface area (Å²) >= 11 is 0. The van der Waals surface area contributed by atoms with Crippen molar-refractivity contribution in [1.82, 2.24) is 25.1 Å². The predicted octanol–water partition coefficient (Wildman–Crippen LogP) is 4.03. The molecule has 34 heavy (non-hydrogen) atoms. The molecule has 1 aliphatic rings. The summed E-state index contributed by atoms with van der Waals surface area (Å²) in [4.78, 5) is 2.37. The van der Waals surface area contributed by atoms with Gasteiger partial charge in [0.15, 0.2) is 5.82 Å². The highest BCUT2D eigenvalue weighted by molar-refractivity contribution is 5.45. The van der Waals surface area contributed by atoms with Crippen molar-refractivity contribution >= 4 is 0 Å². The highest BCUT2D eigenvalue weighted by Gasteiger charge is 2.33. The maximum absolute atomic E-state index is 13.4. The Kier molecular flexibility index (Phi) is 6.22. The van der Waals surface area contributed by atoms with Gasteiger partial charge in [0.2, 0.25) is 0 Å². The number of tetrazole rings is 1. The van der Waals surface area contributed by atoms with Crippen molar-refractivity contribution in [3.8, 4) is 11.5 Å². The van der Waals surface area contributed by atoms with E-state index in [1.54, 1.807) is 31.0 Å². The third-order valence-electron chi connectivity index (χ3n) is 6.31. The number of fused-ring (bicyclic) bond motifs is 1. The first kappa shape index (κ1) is 22.0. The molecule has 5 rings (SSSR count). The van der Waals surface area contributed by atoms with Crippen molar-refractivity contribution in [1.29, 1.82) is 0 Å². The molecule has 0 radical (unpaired) electrons. The first-order valence-corrected chi connectivity index (χ1v) is 11.2. The number of aromatic nitrogens is 4. The topological polar surface area (TPSA) is 65.3 Å². The van der Waals surface area contributed by atoms with Crippen LogP contribution in [-0.2, 0) is 19.5 Å². The van der Waals surface area contributed by atoms with Crippen LogP contribution in [0.4, 0.5) is 4.39 Å². The zero-order valence-corrected chi connectivity index (χ0v) is 19.2. The van der Waals surface area contributed by atoms with E-state index in [1.165, 1.54) is 23.3 Å². The Morgan fingerprint density at radius 2 is 1.76 bits per heavy atom. The molecule has 0 saturated carbocycles. The fourth-order valence-electron chi connectivity index (χ4n) is 4.57. The summed E-state index contributed by atoms with van der Waals surface area (Å²) in [5.74, 6) is 1.89. The predicted molar refractivity (Wildman–Crippen MR) is 125 cm³/mol. The first-order valence-electron chi connectivity index (χ1n) is 11.2. The summed E-state index contributed by atoms with van der Waals surface area (Å²) in [5.41, 5.74) is 4.49. The number of hydrogen-bond donors (Lipinski definition) is 0. The summed E-state index contributed by atoms with van der Waals surface area (Å²) in [7, 11) is 3.31. The molecule has 0 spiro atoms. The van der Waals surface area contributed by atoms with Crippen LogP contribution < -0.4 is 9.47 Å². The Labute approximate surface area is 197 Å². The molecule has 8 heteroatoms. The summed E-state index contributed by atoms with van der Waals surface area (Å²) in [6, 6.07) is 20.4. The molecule has 1 aliphatic heterocycles. The summed E-state index contributed by atoms with van der Waals surface area (Å²) in [5, 5.41) is 12.7. The maximum Gasteiger partial charge on any atom is 0.173 e. The second-order valence-corrected chi connectivity index (χ2v) is 8.32. The minimum Gasteiger partial charge on any atom is -0.497 e. The zero-order chi connectivity index (χ0) is 23.5. The van der Waals surface area contributed by atoms with E-state index in [0.717, 1.165) is 42.1 Å². The van der Waals surface area contributed by atoms with Crippen LogP contribution in [0.15, 0.2) is 66.7 Å². The average Bonchev–Trinajstić information content (AvgIpc) is 3.33. The lowest BCUT2D eigenvalue weighted by Crippen LogP contribution is -2.36. The molecular weight excluding hydrogens is 433 g/mol. The summed E-state index contributed by atoms with van der Waals surface area (Å²) in [6.07, 6.45) is 0.929. The molecule has 0 N–H and O–H groups in total. The Balaban J connectivity index is 1.59. The quantitative estimate of drug-likeness (QED) is 0.416. The standard InChI is InChI=1S/C26H26FN5O2/c1-33-22-11-12-24(34-2)23(15-22)25(31-14-13-19-5-3-4-6-20(19)17-31)26-28-29-30-32(26)16-18-7-9-21(27)10-8-18/h3-12,15,25H,13-14,16-17H2,1-2H3. The monoisotopic (exact) mass is 459 g/mol. The highest BCUT2D eigenvalue weighted by atomic mass is 19.1. The van der Waals surface area contributed by atoms with Gasteiger partial charge in [-0.2, -0.15) is 0 Å². The lowest BCUT2D eigenvalue weighted by Gasteiger charge is -2.35.